The van der Waals surface area contributed by atoms with Gasteiger partial charge >= 0.3 is 0 Å². The van der Waals surface area contributed by atoms with Crippen LogP contribution in [0.3, 0.4) is 0 Å². The van der Waals surface area contributed by atoms with Crippen molar-refractivity contribution in [3.05, 3.63) is 35.9 Å². The van der Waals surface area contributed by atoms with E-state index in [1.807, 2.05) is 18.2 Å². The van der Waals surface area contributed by atoms with E-state index < -0.39 is 0 Å². The zero-order valence-corrected chi connectivity index (χ0v) is 12.5. The van der Waals surface area contributed by atoms with Gasteiger partial charge in [0.1, 0.15) is 0 Å². The van der Waals surface area contributed by atoms with Crippen LogP contribution in [-0.4, -0.2) is 6.54 Å². The molecule has 1 N–H and O–H groups in total. The SMILES string of the molecule is CC1CCC(CCNC(CC#N)c2ccccc2)CC1. The number of hydrogen-bond acceptors (Lipinski definition) is 2. The fourth-order valence-electron chi connectivity index (χ4n) is 3.16. The summed E-state index contributed by atoms with van der Waals surface area (Å²) in [7, 11) is 0. The lowest BCUT2D eigenvalue weighted by Crippen LogP contribution is -2.25. The molecule has 0 spiro atoms. The van der Waals surface area contributed by atoms with E-state index in [1.165, 1.54) is 37.7 Å². The number of nitriles is 1. The molecular formula is C18H26N2. The van der Waals surface area contributed by atoms with Crippen LogP contribution in [0.2, 0.25) is 0 Å². The van der Waals surface area contributed by atoms with Gasteiger partial charge in [-0.1, -0.05) is 62.9 Å². The van der Waals surface area contributed by atoms with Crippen LogP contribution in [0.1, 0.15) is 57.1 Å². The Morgan fingerprint density at radius 3 is 2.55 bits per heavy atom. The molecule has 1 aliphatic carbocycles. The molecule has 108 valence electrons. The predicted molar refractivity (Wildman–Crippen MR) is 83.2 cm³/mol. The molecule has 1 fully saturated rings. The quantitative estimate of drug-likeness (QED) is 0.829. The average Bonchev–Trinajstić information content (AvgIpc) is 2.49. The lowest BCUT2D eigenvalue weighted by atomic mass is 9.81. The Kier molecular flexibility index (Phi) is 6.08. The second-order valence-corrected chi connectivity index (χ2v) is 6.19. The van der Waals surface area contributed by atoms with Gasteiger partial charge in [-0.2, -0.15) is 5.26 Å². The first-order valence-electron chi connectivity index (χ1n) is 7.95. The molecule has 20 heavy (non-hydrogen) atoms. The third-order valence-electron chi connectivity index (χ3n) is 4.58. The van der Waals surface area contributed by atoms with Crippen molar-refractivity contribution >= 4 is 0 Å². The maximum absolute atomic E-state index is 8.99. The minimum absolute atomic E-state index is 0.184. The Balaban J connectivity index is 1.77. The van der Waals surface area contributed by atoms with Crippen molar-refractivity contribution in [2.45, 2.75) is 51.5 Å². The fraction of sp³-hybridized carbons (Fsp3) is 0.611. The zero-order valence-electron chi connectivity index (χ0n) is 12.5. The van der Waals surface area contributed by atoms with Gasteiger partial charge in [-0.15, -0.1) is 0 Å². The highest BCUT2D eigenvalue weighted by Crippen LogP contribution is 2.30. The second-order valence-electron chi connectivity index (χ2n) is 6.19. The summed E-state index contributed by atoms with van der Waals surface area (Å²) < 4.78 is 0. The van der Waals surface area contributed by atoms with E-state index in [1.54, 1.807) is 0 Å². The molecule has 0 saturated heterocycles. The molecule has 1 saturated carbocycles. The molecule has 0 heterocycles. The summed E-state index contributed by atoms with van der Waals surface area (Å²) in [4.78, 5) is 0. The standard InChI is InChI=1S/C18H26N2/c1-15-7-9-16(10-8-15)12-14-20-18(11-13-19)17-5-3-2-4-6-17/h2-6,15-16,18,20H,7-12,14H2,1H3. The van der Waals surface area contributed by atoms with Crippen LogP contribution in [0.4, 0.5) is 0 Å². The van der Waals surface area contributed by atoms with Gasteiger partial charge in [0.2, 0.25) is 0 Å². The monoisotopic (exact) mass is 270 g/mol. The first kappa shape index (κ1) is 15.1. The molecule has 1 aliphatic rings. The number of nitrogens with zero attached hydrogens (tertiary/aromatic N) is 1. The Morgan fingerprint density at radius 2 is 1.90 bits per heavy atom. The smallest absolute Gasteiger partial charge is 0.0641 e. The van der Waals surface area contributed by atoms with Gasteiger partial charge in [-0.05, 0) is 30.4 Å². The van der Waals surface area contributed by atoms with E-state index in [9.17, 15) is 0 Å². The molecule has 0 aromatic heterocycles. The molecule has 0 bridgehead atoms. The highest BCUT2D eigenvalue weighted by molar-refractivity contribution is 5.19. The first-order chi connectivity index (χ1) is 9.79. The van der Waals surface area contributed by atoms with Crippen molar-refractivity contribution < 1.29 is 0 Å². The molecule has 1 unspecified atom stereocenters. The Bertz CT molecular complexity index is 413. The highest BCUT2D eigenvalue weighted by Gasteiger charge is 2.18. The van der Waals surface area contributed by atoms with E-state index in [2.05, 4.69) is 30.4 Å². The van der Waals surface area contributed by atoms with Gasteiger partial charge < -0.3 is 5.32 Å². The van der Waals surface area contributed by atoms with Gasteiger partial charge in [0.15, 0.2) is 0 Å². The molecular weight excluding hydrogens is 244 g/mol. The third-order valence-corrected chi connectivity index (χ3v) is 4.58. The summed E-state index contributed by atoms with van der Waals surface area (Å²) in [5.41, 5.74) is 1.23. The van der Waals surface area contributed by atoms with E-state index in [0.29, 0.717) is 6.42 Å². The van der Waals surface area contributed by atoms with Gasteiger partial charge in [0.05, 0.1) is 12.5 Å². The molecule has 0 aliphatic heterocycles. The lowest BCUT2D eigenvalue weighted by molar-refractivity contribution is 0.272. The minimum Gasteiger partial charge on any atom is -0.309 e. The van der Waals surface area contributed by atoms with Crippen molar-refractivity contribution in [3.8, 4) is 6.07 Å². The van der Waals surface area contributed by atoms with Crippen molar-refractivity contribution in [1.82, 2.24) is 5.32 Å². The van der Waals surface area contributed by atoms with Crippen LogP contribution < -0.4 is 5.32 Å². The van der Waals surface area contributed by atoms with Gasteiger partial charge in [-0.3, -0.25) is 0 Å². The fourth-order valence-corrected chi connectivity index (χ4v) is 3.16. The number of benzene rings is 1. The van der Waals surface area contributed by atoms with Crippen molar-refractivity contribution in [2.24, 2.45) is 11.8 Å². The molecule has 0 amide bonds. The lowest BCUT2D eigenvalue weighted by Gasteiger charge is -2.27. The van der Waals surface area contributed by atoms with E-state index in [-0.39, 0.29) is 6.04 Å². The summed E-state index contributed by atoms with van der Waals surface area (Å²) in [5, 5.41) is 12.6. The summed E-state index contributed by atoms with van der Waals surface area (Å²) in [6.45, 7) is 3.40. The minimum atomic E-state index is 0.184. The first-order valence-corrected chi connectivity index (χ1v) is 7.95. The molecule has 1 aromatic rings. The van der Waals surface area contributed by atoms with Crippen LogP contribution >= 0.6 is 0 Å². The van der Waals surface area contributed by atoms with Gasteiger partial charge in [0.25, 0.3) is 0 Å². The summed E-state index contributed by atoms with van der Waals surface area (Å²) in [6, 6.07) is 12.8. The van der Waals surface area contributed by atoms with E-state index >= 15 is 0 Å². The van der Waals surface area contributed by atoms with Crippen LogP contribution in [0.25, 0.3) is 0 Å². The Morgan fingerprint density at radius 1 is 1.20 bits per heavy atom. The predicted octanol–water partition coefficient (Wildman–Crippen LogP) is 4.45. The van der Waals surface area contributed by atoms with Crippen LogP contribution in [-0.2, 0) is 0 Å². The number of hydrogen-bond donors (Lipinski definition) is 1. The van der Waals surface area contributed by atoms with Crippen LogP contribution in [0.15, 0.2) is 30.3 Å². The summed E-state index contributed by atoms with van der Waals surface area (Å²) >= 11 is 0. The maximum Gasteiger partial charge on any atom is 0.0641 e. The van der Waals surface area contributed by atoms with Gasteiger partial charge in [-0.25, -0.2) is 0 Å². The van der Waals surface area contributed by atoms with Crippen LogP contribution in [0, 0.1) is 23.2 Å². The Hall–Kier alpha value is -1.33. The topological polar surface area (TPSA) is 35.8 Å². The van der Waals surface area contributed by atoms with E-state index in [0.717, 1.165) is 18.4 Å². The zero-order chi connectivity index (χ0) is 14.2. The second kappa shape index (κ2) is 8.07. The number of nitrogens with one attached hydrogen (secondary N) is 1. The molecule has 2 rings (SSSR count). The van der Waals surface area contributed by atoms with Crippen molar-refractivity contribution in [1.29, 1.82) is 5.26 Å². The summed E-state index contributed by atoms with van der Waals surface area (Å²) in [6.07, 6.45) is 7.36. The maximum atomic E-state index is 8.99. The normalized spacial score (nSPS) is 24.0. The molecule has 1 aromatic carbocycles. The van der Waals surface area contributed by atoms with E-state index in [4.69, 9.17) is 5.26 Å². The molecule has 2 heteroatoms. The molecule has 1 atom stereocenters. The van der Waals surface area contributed by atoms with Crippen molar-refractivity contribution in [2.75, 3.05) is 6.54 Å². The van der Waals surface area contributed by atoms with Crippen molar-refractivity contribution in [3.63, 3.8) is 0 Å². The summed E-state index contributed by atoms with van der Waals surface area (Å²) in [5.74, 6) is 1.81. The average molecular weight is 270 g/mol. The third kappa shape index (κ3) is 4.65. The molecule has 0 radical (unpaired) electrons. The highest BCUT2D eigenvalue weighted by atomic mass is 14.9. The Labute approximate surface area is 123 Å². The molecule has 2 nitrogen and oxygen atoms in total. The number of rotatable bonds is 6. The van der Waals surface area contributed by atoms with Crippen LogP contribution in [0.5, 0.6) is 0 Å². The van der Waals surface area contributed by atoms with Gasteiger partial charge in [0, 0.05) is 6.04 Å². The largest absolute Gasteiger partial charge is 0.309 e.